The molecule has 0 aliphatic heterocycles. The van der Waals surface area contributed by atoms with Crippen LogP contribution in [0.3, 0.4) is 0 Å². The number of nitrogens with zero attached hydrogens (tertiary/aromatic N) is 1. The van der Waals surface area contributed by atoms with Crippen molar-refractivity contribution in [3.63, 3.8) is 0 Å². The number of nitrogens with one attached hydrogen (secondary N) is 1. The quantitative estimate of drug-likeness (QED) is 0.751. The molecular formula is C11H16N2. The normalized spacial score (nSPS) is 14.5. The Kier molecular flexibility index (Phi) is 2.60. The summed E-state index contributed by atoms with van der Waals surface area (Å²) in [4.78, 5) is 4.65. The second kappa shape index (κ2) is 3.88. The summed E-state index contributed by atoms with van der Waals surface area (Å²) in [6.45, 7) is 1.02. The summed E-state index contributed by atoms with van der Waals surface area (Å²) < 4.78 is 0. The Labute approximate surface area is 79.4 Å². The molecule has 70 valence electrons. The fourth-order valence-electron chi connectivity index (χ4n) is 1.86. The van der Waals surface area contributed by atoms with Crippen LogP contribution in [0.5, 0.6) is 0 Å². The van der Waals surface area contributed by atoms with Gasteiger partial charge in [0.05, 0.1) is 0 Å². The molecule has 0 saturated carbocycles. The summed E-state index contributed by atoms with van der Waals surface area (Å²) in [5.74, 6) is 0. The number of fused-ring (bicyclic) bond motifs is 1. The van der Waals surface area contributed by atoms with E-state index in [1.807, 2.05) is 7.05 Å². The van der Waals surface area contributed by atoms with Crippen LogP contribution in [0.25, 0.3) is 0 Å². The summed E-state index contributed by atoms with van der Waals surface area (Å²) in [6.07, 6.45) is 4.75. The van der Waals surface area contributed by atoms with Crippen LogP contribution < -0.4 is 5.32 Å². The molecule has 0 fully saturated rings. The molecular weight excluding hydrogens is 160 g/mol. The van der Waals surface area contributed by atoms with Gasteiger partial charge in [-0.05, 0) is 37.9 Å². The SMILES string of the molecule is CNCCc1ccc2c(n1)CCC2. The van der Waals surface area contributed by atoms with Gasteiger partial charge >= 0.3 is 0 Å². The van der Waals surface area contributed by atoms with Crippen molar-refractivity contribution in [2.75, 3.05) is 13.6 Å². The summed E-state index contributed by atoms with van der Waals surface area (Å²) >= 11 is 0. The molecule has 0 saturated heterocycles. The molecule has 2 nitrogen and oxygen atoms in total. The highest BCUT2D eigenvalue weighted by atomic mass is 14.8. The molecule has 0 radical (unpaired) electrons. The van der Waals surface area contributed by atoms with Gasteiger partial charge in [0.1, 0.15) is 0 Å². The third-order valence-electron chi connectivity index (χ3n) is 2.62. The first-order valence-corrected chi connectivity index (χ1v) is 5.02. The fraction of sp³-hybridized carbons (Fsp3) is 0.545. The molecule has 0 aromatic carbocycles. The van der Waals surface area contributed by atoms with Gasteiger partial charge in [-0.3, -0.25) is 4.98 Å². The van der Waals surface area contributed by atoms with E-state index in [2.05, 4.69) is 22.4 Å². The fourth-order valence-corrected chi connectivity index (χ4v) is 1.86. The van der Waals surface area contributed by atoms with Gasteiger partial charge in [-0.15, -0.1) is 0 Å². The van der Waals surface area contributed by atoms with E-state index < -0.39 is 0 Å². The molecule has 0 bridgehead atoms. The maximum absolute atomic E-state index is 4.65. The number of hydrogen-bond acceptors (Lipinski definition) is 2. The number of pyridine rings is 1. The number of hydrogen-bond donors (Lipinski definition) is 1. The maximum atomic E-state index is 4.65. The lowest BCUT2D eigenvalue weighted by molar-refractivity contribution is 0.771. The van der Waals surface area contributed by atoms with Crippen LogP contribution in [-0.4, -0.2) is 18.6 Å². The first-order valence-electron chi connectivity index (χ1n) is 5.02. The van der Waals surface area contributed by atoms with Gasteiger partial charge in [-0.2, -0.15) is 0 Å². The molecule has 13 heavy (non-hydrogen) atoms. The molecule has 1 aliphatic carbocycles. The number of rotatable bonds is 3. The predicted octanol–water partition coefficient (Wildman–Crippen LogP) is 1.33. The van der Waals surface area contributed by atoms with Crippen molar-refractivity contribution in [1.82, 2.24) is 10.3 Å². The van der Waals surface area contributed by atoms with Crippen molar-refractivity contribution in [3.8, 4) is 0 Å². The van der Waals surface area contributed by atoms with E-state index in [9.17, 15) is 0 Å². The summed E-state index contributed by atoms with van der Waals surface area (Å²) in [6, 6.07) is 4.42. The molecule has 0 atom stereocenters. The lowest BCUT2D eigenvalue weighted by Gasteiger charge is -2.03. The van der Waals surface area contributed by atoms with Crippen molar-refractivity contribution in [2.45, 2.75) is 25.7 Å². The molecule has 1 aliphatic rings. The van der Waals surface area contributed by atoms with Crippen LogP contribution in [0.1, 0.15) is 23.4 Å². The summed E-state index contributed by atoms with van der Waals surface area (Å²) in [5.41, 5.74) is 4.04. The van der Waals surface area contributed by atoms with E-state index in [0.29, 0.717) is 0 Å². The largest absolute Gasteiger partial charge is 0.319 e. The van der Waals surface area contributed by atoms with Crippen LogP contribution in [0, 0.1) is 0 Å². The van der Waals surface area contributed by atoms with E-state index >= 15 is 0 Å². The highest BCUT2D eigenvalue weighted by molar-refractivity contribution is 5.27. The number of aromatic nitrogens is 1. The van der Waals surface area contributed by atoms with Gasteiger partial charge < -0.3 is 5.32 Å². The highest BCUT2D eigenvalue weighted by Gasteiger charge is 2.11. The highest BCUT2D eigenvalue weighted by Crippen LogP contribution is 2.19. The predicted molar refractivity (Wildman–Crippen MR) is 53.9 cm³/mol. The minimum atomic E-state index is 1.02. The molecule has 0 spiro atoms. The van der Waals surface area contributed by atoms with E-state index in [-0.39, 0.29) is 0 Å². The molecule has 2 heteroatoms. The number of likely N-dealkylation sites (N-methyl/N-ethyl adjacent to an activating group) is 1. The average molecular weight is 176 g/mol. The third-order valence-corrected chi connectivity index (χ3v) is 2.62. The zero-order chi connectivity index (χ0) is 9.10. The van der Waals surface area contributed by atoms with Crippen molar-refractivity contribution < 1.29 is 0 Å². The maximum Gasteiger partial charge on any atom is 0.0439 e. The van der Waals surface area contributed by atoms with Gasteiger partial charge in [0, 0.05) is 24.4 Å². The van der Waals surface area contributed by atoms with Gasteiger partial charge in [-0.25, -0.2) is 0 Å². The molecule has 1 N–H and O–H groups in total. The molecule has 1 aromatic rings. The van der Waals surface area contributed by atoms with Gasteiger partial charge in [0.15, 0.2) is 0 Å². The number of aryl methyl sites for hydroxylation is 2. The molecule has 1 heterocycles. The third kappa shape index (κ3) is 1.89. The van der Waals surface area contributed by atoms with E-state index in [1.165, 1.54) is 36.2 Å². The van der Waals surface area contributed by atoms with E-state index in [1.54, 1.807) is 0 Å². The Bertz CT molecular complexity index is 294. The summed E-state index contributed by atoms with van der Waals surface area (Å²) in [7, 11) is 1.98. The van der Waals surface area contributed by atoms with Gasteiger partial charge in [0.2, 0.25) is 0 Å². The smallest absolute Gasteiger partial charge is 0.0439 e. The molecule has 0 amide bonds. The van der Waals surface area contributed by atoms with Gasteiger partial charge in [-0.1, -0.05) is 6.07 Å². The second-order valence-corrected chi connectivity index (χ2v) is 3.62. The zero-order valence-corrected chi connectivity index (χ0v) is 8.14. The Morgan fingerprint density at radius 3 is 3.15 bits per heavy atom. The van der Waals surface area contributed by atoms with Crippen molar-refractivity contribution in [1.29, 1.82) is 0 Å². The van der Waals surface area contributed by atoms with E-state index in [0.717, 1.165) is 13.0 Å². The first kappa shape index (κ1) is 8.70. The van der Waals surface area contributed by atoms with E-state index in [4.69, 9.17) is 0 Å². The Balaban J connectivity index is 2.12. The Hall–Kier alpha value is -0.890. The molecule has 0 unspecified atom stereocenters. The van der Waals surface area contributed by atoms with Crippen LogP contribution in [0.2, 0.25) is 0 Å². The minimum Gasteiger partial charge on any atom is -0.319 e. The molecule has 1 aromatic heterocycles. The average Bonchev–Trinajstić information content (AvgIpc) is 2.61. The van der Waals surface area contributed by atoms with Crippen LogP contribution in [-0.2, 0) is 19.3 Å². The van der Waals surface area contributed by atoms with Crippen molar-refractivity contribution in [3.05, 3.63) is 29.1 Å². The Morgan fingerprint density at radius 2 is 2.31 bits per heavy atom. The monoisotopic (exact) mass is 176 g/mol. The summed E-state index contributed by atoms with van der Waals surface area (Å²) in [5, 5.41) is 3.14. The van der Waals surface area contributed by atoms with Gasteiger partial charge in [0.25, 0.3) is 0 Å². The Morgan fingerprint density at radius 1 is 1.38 bits per heavy atom. The molecule has 2 rings (SSSR count). The first-order chi connectivity index (χ1) is 6.40. The minimum absolute atomic E-state index is 1.02. The zero-order valence-electron chi connectivity index (χ0n) is 8.14. The van der Waals surface area contributed by atoms with Crippen LogP contribution >= 0.6 is 0 Å². The lowest BCUT2D eigenvalue weighted by atomic mass is 10.2. The second-order valence-electron chi connectivity index (χ2n) is 3.62. The van der Waals surface area contributed by atoms with Crippen molar-refractivity contribution in [2.24, 2.45) is 0 Å². The van der Waals surface area contributed by atoms with Crippen molar-refractivity contribution >= 4 is 0 Å². The lowest BCUT2D eigenvalue weighted by Crippen LogP contribution is -2.11. The topological polar surface area (TPSA) is 24.9 Å². The standard InChI is InChI=1S/C11H16N2/c1-12-8-7-10-6-5-9-3-2-4-11(9)13-10/h5-6,12H,2-4,7-8H2,1H3. The van der Waals surface area contributed by atoms with Crippen LogP contribution in [0.15, 0.2) is 12.1 Å². The van der Waals surface area contributed by atoms with Crippen LogP contribution in [0.4, 0.5) is 0 Å².